The van der Waals surface area contributed by atoms with Crippen LogP contribution in [0.1, 0.15) is 11.1 Å². The van der Waals surface area contributed by atoms with Gasteiger partial charge in [-0.15, -0.1) is 0 Å². The highest BCUT2D eigenvalue weighted by molar-refractivity contribution is 9.10. The molecule has 0 saturated heterocycles. The third-order valence-electron chi connectivity index (χ3n) is 3.78. The lowest BCUT2D eigenvalue weighted by atomic mass is 10.2. The van der Waals surface area contributed by atoms with Crippen LogP contribution in [0.25, 0.3) is 0 Å². The normalized spacial score (nSPS) is 11.0. The van der Waals surface area contributed by atoms with Gasteiger partial charge in [-0.1, -0.05) is 33.6 Å². The summed E-state index contributed by atoms with van der Waals surface area (Å²) < 4.78 is 25.4. The van der Waals surface area contributed by atoms with E-state index < -0.39 is 0 Å². The Morgan fingerprint density at radius 1 is 1.15 bits per heavy atom. The summed E-state index contributed by atoms with van der Waals surface area (Å²) in [4.78, 5) is 2.13. The maximum Gasteiger partial charge on any atom is 0.162 e. The first-order chi connectivity index (χ1) is 12.4. The van der Waals surface area contributed by atoms with Crippen LogP contribution < -0.4 is 14.8 Å². The topological polar surface area (TPSA) is 33.7 Å². The number of halogens is 3. The summed E-state index contributed by atoms with van der Waals surface area (Å²) in [5.74, 6) is 0.859. The summed E-state index contributed by atoms with van der Waals surface area (Å²) in [7, 11) is 5.69. The van der Waals surface area contributed by atoms with Crippen LogP contribution in [-0.2, 0) is 13.2 Å². The predicted octanol–water partition coefficient (Wildman–Crippen LogP) is 4.48. The number of likely N-dealkylation sites (N-methyl/N-ethyl adjacent to an activating group) is 1. The number of hydrogen-bond acceptors (Lipinski definition) is 4. The van der Waals surface area contributed by atoms with E-state index in [1.165, 1.54) is 12.1 Å². The van der Waals surface area contributed by atoms with E-state index in [1.807, 2.05) is 26.2 Å². The molecule has 2 aromatic rings. The van der Waals surface area contributed by atoms with Crippen molar-refractivity contribution in [2.45, 2.75) is 13.2 Å². The molecule has 0 aliphatic rings. The average Bonchev–Trinajstić information content (AvgIpc) is 2.59. The molecule has 26 heavy (non-hydrogen) atoms. The van der Waals surface area contributed by atoms with Gasteiger partial charge in [0.25, 0.3) is 0 Å². The van der Waals surface area contributed by atoms with Gasteiger partial charge in [-0.3, -0.25) is 0 Å². The molecule has 7 heteroatoms. The monoisotopic (exact) mass is 444 g/mol. The van der Waals surface area contributed by atoms with Crippen molar-refractivity contribution in [2.24, 2.45) is 0 Å². The predicted molar refractivity (Wildman–Crippen MR) is 107 cm³/mol. The minimum Gasteiger partial charge on any atom is -0.493 e. The minimum atomic E-state index is -0.370. The molecule has 0 radical (unpaired) electrons. The quantitative estimate of drug-likeness (QED) is 0.577. The summed E-state index contributed by atoms with van der Waals surface area (Å²) >= 11 is 9.63. The number of nitrogens with zero attached hydrogens (tertiary/aromatic N) is 1. The van der Waals surface area contributed by atoms with Crippen molar-refractivity contribution in [3.05, 3.63) is 56.8 Å². The number of benzene rings is 2. The van der Waals surface area contributed by atoms with E-state index in [4.69, 9.17) is 21.1 Å². The molecule has 2 aromatic carbocycles. The molecule has 0 fully saturated rings. The van der Waals surface area contributed by atoms with Gasteiger partial charge in [-0.2, -0.15) is 0 Å². The van der Waals surface area contributed by atoms with E-state index in [2.05, 4.69) is 26.1 Å². The van der Waals surface area contributed by atoms with Gasteiger partial charge in [0.05, 0.1) is 12.1 Å². The molecule has 0 saturated carbocycles. The molecule has 2 rings (SSSR count). The molecule has 0 aliphatic heterocycles. The van der Waals surface area contributed by atoms with Crippen LogP contribution in [0.2, 0.25) is 5.02 Å². The molecular weight excluding hydrogens is 423 g/mol. The van der Waals surface area contributed by atoms with Gasteiger partial charge in [0.2, 0.25) is 0 Å². The van der Waals surface area contributed by atoms with Gasteiger partial charge < -0.3 is 19.7 Å². The average molecular weight is 446 g/mol. The van der Waals surface area contributed by atoms with Gasteiger partial charge in [-0.25, -0.2) is 4.39 Å². The van der Waals surface area contributed by atoms with E-state index in [0.717, 1.165) is 29.7 Å². The van der Waals surface area contributed by atoms with Crippen molar-refractivity contribution < 1.29 is 13.9 Å². The van der Waals surface area contributed by atoms with E-state index >= 15 is 0 Å². The summed E-state index contributed by atoms with van der Waals surface area (Å²) in [6, 6.07) is 8.06. The van der Waals surface area contributed by atoms with Crippen LogP contribution in [0.4, 0.5) is 4.39 Å². The lowest BCUT2D eigenvalue weighted by molar-refractivity contribution is 0.284. The second-order valence-electron chi connectivity index (χ2n) is 6.10. The van der Waals surface area contributed by atoms with Crippen LogP contribution in [0.3, 0.4) is 0 Å². The van der Waals surface area contributed by atoms with E-state index in [1.54, 1.807) is 13.2 Å². The van der Waals surface area contributed by atoms with Crippen molar-refractivity contribution in [3.8, 4) is 11.5 Å². The van der Waals surface area contributed by atoms with Crippen LogP contribution >= 0.6 is 27.5 Å². The maximum absolute atomic E-state index is 13.1. The Morgan fingerprint density at radius 3 is 2.58 bits per heavy atom. The van der Waals surface area contributed by atoms with Crippen molar-refractivity contribution in [1.82, 2.24) is 10.2 Å². The molecule has 0 aliphatic carbocycles. The Bertz CT molecular complexity index is 744. The maximum atomic E-state index is 13.1. The first kappa shape index (κ1) is 21.0. The van der Waals surface area contributed by atoms with E-state index in [-0.39, 0.29) is 12.4 Å². The smallest absolute Gasteiger partial charge is 0.162 e. The van der Waals surface area contributed by atoms with Crippen molar-refractivity contribution in [1.29, 1.82) is 0 Å². The lowest BCUT2D eigenvalue weighted by Crippen LogP contribution is -2.26. The van der Waals surface area contributed by atoms with E-state index in [9.17, 15) is 4.39 Å². The van der Waals surface area contributed by atoms with Crippen LogP contribution in [0.5, 0.6) is 11.5 Å². The highest BCUT2D eigenvalue weighted by Crippen LogP contribution is 2.34. The van der Waals surface area contributed by atoms with E-state index in [0.29, 0.717) is 22.1 Å². The third-order valence-corrected chi connectivity index (χ3v) is 4.87. The van der Waals surface area contributed by atoms with Gasteiger partial charge in [0, 0.05) is 29.7 Å². The number of nitrogens with one attached hydrogen (secondary N) is 1. The Kier molecular flexibility index (Phi) is 8.15. The zero-order chi connectivity index (χ0) is 19.1. The second kappa shape index (κ2) is 10.1. The molecule has 0 unspecified atom stereocenters. The standard InChI is InChI=1S/C19H23BrClFN2O2/c1-24(2)7-6-23-11-14-8-18(25-3)19(10-16(14)20)26-12-13-4-5-15(22)9-17(13)21/h4-5,8-10,23H,6-7,11-12H2,1-3H3. The number of methoxy groups -OCH3 is 1. The van der Waals surface area contributed by atoms with Crippen LogP contribution in [-0.4, -0.2) is 39.2 Å². The van der Waals surface area contributed by atoms with Gasteiger partial charge in [-0.05, 0) is 43.9 Å². The zero-order valence-electron chi connectivity index (χ0n) is 15.1. The molecule has 0 spiro atoms. The van der Waals surface area contributed by atoms with Gasteiger partial charge >= 0.3 is 0 Å². The number of hydrogen-bond donors (Lipinski definition) is 1. The molecule has 0 atom stereocenters. The van der Waals surface area contributed by atoms with Crippen molar-refractivity contribution in [3.63, 3.8) is 0 Å². The molecule has 0 amide bonds. The van der Waals surface area contributed by atoms with Crippen molar-refractivity contribution in [2.75, 3.05) is 34.3 Å². The highest BCUT2D eigenvalue weighted by Gasteiger charge is 2.12. The minimum absolute atomic E-state index is 0.225. The zero-order valence-corrected chi connectivity index (χ0v) is 17.5. The molecule has 4 nitrogen and oxygen atoms in total. The first-order valence-corrected chi connectivity index (χ1v) is 9.36. The third kappa shape index (κ3) is 6.13. The molecular formula is C19H23BrClFN2O2. The largest absolute Gasteiger partial charge is 0.493 e. The number of ether oxygens (including phenoxy) is 2. The summed E-state index contributed by atoms with van der Waals surface area (Å²) in [6.07, 6.45) is 0. The fraction of sp³-hybridized carbons (Fsp3) is 0.368. The Labute approximate surface area is 167 Å². The van der Waals surface area contributed by atoms with Gasteiger partial charge in [0.15, 0.2) is 11.5 Å². The Morgan fingerprint density at radius 2 is 1.92 bits per heavy atom. The summed E-state index contributed by atoms with van der Waals surface area (Å²) in [5.41, 5.74) is 1.79. The second-order valence-corrected chi connectivity index (χ2v) is 7.36. The molecule has 0 heterocycles. The Balaban J connectivity index is 2.05. The van der Waals surface area contributed by atoms with Crippen molar-refractivity contribution >= 4 is 27.5 Å². The molecule has 142 valence electrons. The fourth-order valence-corrected chi connectivity index (χ4v) is 2.99. The van der Waals surface area contributed by atoms with Crippen LogP contribution in [0, 0.1) is 5.82 Å². The fourth-order valence-electron chi connectivity index (χ4n) is 2.30. The molecule has 0 bridgehead atoms. The SMILES string of the molecule is COc1cc(CNCCN(C)C)c(Br)cc1OCc1ccc(F)cc1Cl. The summed E-state index contributed by atoms with van der Waals surface area (Å²) in [6.45, 7) is 2.80. The van der Waals surface area contributed by atoms with Crippen LogP contribution in [0.15, 0.2) is 34.8 Å². The lowest BCUT2D eigenvalue weighted by Gasteiger charge is -2.15. The van der Waals surface area contributed by atoms with Gasteiger partial charge in [0.1, 0.15) is 12.4 Å². The number of rotatable bonds is 9. The molecule has 1 N–H and O–H groups in total. The highest BCUT2D eigenvalue weighted by atomic mass is 79.9. The molecule has 0 aromatic heterocycles. The Hall–Kier alpha value is -1.34. The first-order valence-electron chi connectivity index (χ1n) is 8.19. The summed E-state index contributed by atoms with van der Waals surface area (Å²) in [5, 5.41) is 3.73.